The zero-order chi connectivity index (χ0) is 13.4. The maximum atomic E-state index is 10.8. The third kappa shape index (κ3) is 5.80. The molecular weight excluding hydrogens is 226 g/mol. The first-order valence-electron chi connectivity index (χ1n) is 6.35. The van der Waals surface area contributed by atoms with E-state index in [0.29, 0.717) is 6.54 Å². The minimum atomic E-state index is -0.274. The number of hydrogen-bond donors (Lipinski definition) is 1. The van der Waals surface area contributed by atoms with Crippen LogP contribution in [0, 0.1) is 0 Å². The predicted molar refractivity (Wildman–Crippen MR) is 74.1 cm³/mol. The van der Waals surface area contributed by atoms with Crippen molar-refractivity contribution in [2.45, 2.75) is 13.5 Å². The molecule has 0 atom stereocenters. The summed E-state index contributed by atoms with van der Waals surface area (Å²) in [6, 6.07) is 10.4. The summed E-state index contributed by atoms with van der Waals surface area (Å²) in [6.07, 6.45) is 0. The minimum absolute atomic E-state index is 0.274. The number of benzene rings is 1. The van der Waals surface area contributed by atoms with E-state index in [0.717, 1.165) is 26.2 Å². The zero-order valence-electron chi connectivity index (χ0n) is 11.3. The van der Waals surface area contributed by atoms with E-state index < -0.39 is 0 Å². The average Bonchev–Trinajstić information content (AvgIpc) is 2.35. The van der Waals surface area contributed by atoms with Gasteiger partial charge in [0.05, 0.1) is 6.54 Å². The molecule has 0 aliphatic carbocycles. The number of likely N-dealkylation sites (N-methyl/N-ethyl adjacent to an activating group) is 2. The van der Waals surface area contributed by atoms with E-state index in [9.17, 15) is 4.79 Å². The van der Waals surface area contributed by atoms with E-state index in [1.165, 1.54) is 5.56 Å². The summed E-state index contributed by atoms with van der Waals surface area (Å²) in [4.78, 5) is 15.1. The molecule has 0 aliphatic rings. The Morgan fingerprint density at radius 2 is 1.89 bits per heavy atom. The Hall–Kier alpha value is -1.39. The summed E-state index contributed by atoms with van der Waals surface area (Å²) in [7, 11) is 1.92. The van der Waals surface area contributed by atoms with Crippen LogP contribution in [-0.2, 0) is 11.3 Å². The van der Waals surface area contributed by atoms with Crippen molar-refractivity contribution in [2.75, 3.05) is 33.2 Å². The largest absolute Gasteiger partial charge is 0.369 e. The van der Waals surface area contributed by atoms with Crippen molar-refractivity contribution in [3.63, 3.8) is 0 Å². The van der Waals surface area contributed by atoms with Gasteiger partial charge < -0.3 is 5.73 Å². The van der Waals surface area contributed by atoms with E-state index in [4.69, 9.17) is 5.73 Å². The number of carbonyl (C=O) groups excluding carboxylic acids is 1. The summed E-state index contributed by atoms with van der Waals surface area (Å²) < 4.78 is 0. The number of nitrogens with zero attached hydrogens (tertiary/aromatic N) is 2. The number of hydrogen-bond acceptors (Lipinski definition) is 3. The van der Waals surface area contributed by atoms with Gasteiger partial charge in [-0.1, -0.05) is 37.3 Å². The summed E-state index contributed by atoms with van der Waals surface area (Å²) in [6.45, 7) is 6.21. The molecule has 0 aliphatic heterocycles. The molecule has 0 saturated heterocycles. The second-order valence-electron chi connectivity index (χ2n) is 4.56. The van der Waals surface area contributed by atoms with Crippen LogP contribution in [0.15, 0.2) is 30.3 Å². The first-order valence-corrected chi connectivity index (χ1v) is 6.35. The summed E-state index contributed by atoms with van der Waals surface area (Å²) in [5, 5.41) is 0. The number of nitrogens with two attached hydrogens (primary N) is 1. The number of primary amides is 1. The third-order valence-corrected chi connectivity index (χ3v) is 2.92. The lowest BCUT2D eigenvalue weighted by Crippen LogP contribution is -2.37. The second-order valence-corrected chi connectivity index (χ2v) is 4.56. The van der Waals surface area contributed by atoms with Gasteiger partial charge in [0.2, 0.25) is 5.91 Å². The van der Waals surface area contributed by atoms with Crippen LogP contribution < -0.4 is 5.73 Å². The van der Waals surface area contributed by atoms with Crippen LogP contribution in [0.5, 0.6) is 0 Å². The molecule has 1 aromatic rings. The molecule has 100 valence electrons. The monoisotopic (exact) mass is 249 g/mol. The molecule has 0 aromatic heterocycles. The van der Waals surface area contributed by atoms with Crippen LogP contribution in [-0.4, -0.2) is 48.9 Å². The molecule has 0 bridgehead atoms. The fraction of sp³-hybridized carbons (Fsp3) is 0.500. The molecule has 0 radical (unpaired) electrons. The van der Waals surface area contributed by atoms with E-state index in [2.05, 4.69) is 36.1 Å². The predicted octanol–water partition coefficient (Wildman–Crippen LogP) is 0.926. The normalized spacial score (nSPS) is 11.1. The van der Waals surface area contributed by atoms with Crippen LogP contribution >= 0.6 is 0 Å². The van der Waals surface area contributed by atoms with Crippen LogP contribution in [0.2, 0.25) is 0 Å². The van der Waals surface area contributed by atoms with Gasteiger partial charge in [-0.15, -0.1) is 0 Å². The lowest BCUT2D eigenvalue weighted by molar-refractivity contribution is -0.118. The van der Waals surface area contributed by atoms with Gasteiger partial charge in [0.1, 0.15) is 0 Å². The van der Waals surface area contributed by atoms with Gasteiger partial charge in [-0.2, -0.15) is 0 Å². The van der Waals surface area contributed by atoms with Crippen LogP contribution in [0.1, 0.15) is 12.5 Å². The van der Waals surface area contributed by atoms with Gasteiger partial charge in [0, 0.05) is 19.6 Å². The molecule has 0 fully saturated rings. The van der Waals surface area contributed by atoms with Crippen LogP contribution in [0.25, 0.3) is 0 Å². The van der Waals surface area contributed by atoms with Gasteiger partial charge in [-0.05, 0) is 19.2 Å². The Kier molecular flexibility index (Phi) is 6.39. The fourth-order valence-electron chi connectivity index (χ4n) is 1.85. The van der Waals surface area contributed by atoms with Gasteiger partial charge in [-0.25, -0.2) is 0 Å². The summed E-state index contributed by atoms with van der Waals surface area (Å²) in [5.74, 6) is -0.274. The first-order chi connectivity index (χ1) is 8.61. The van der Waals surface area contributed by atoms with Gasteiger partial charge in [0.25, 0.3) is 0 Å². The molecule has 2 N–H and O–H groups in total. The topological polar surface area (TPSA) is 49.6 Å². The molecule has 4 nitrogen and oxygen atoms in total. The van der Waals surface area contributed by atoms with Crippen molar-refractivity contribution in [1.29, 1.82) is 0 Å². The smallest absolute Gasteiger partial charge is 0.231 e. The molecule has 0 spiro atoms. The van der Waals surface area contributed by atoms with Crippen molar-refractivity contribution in [3.8, 4) is 0 Å². The molecule has 0 saturated carbocycles. The zero-order valence-corrected chi connectivity index (χ0v) is 11.3. The van der Waals surface area contributed by atoms with Crippen LogP contribution in [0.4, 0.5) is 0 Å². The molecule has 18 heavy (non-hydrogen) atoms. The van der Waals surface area contributed by atoms with Crippen molar-refractivity contribution >= 4 is 5.91 Å². The quantitative estimate of drug-likeness (QED) is 0.745. The summed E-state index contributed by atoms with van der Waals surface area (Å²) in [5.41, 5.74) is 6.48. The molecule has 0 unspecified atom stereocenters. The Morgan fingerprint density at radius 1 is 1.22 bits per heavy atom. The lowest BCUT2D eigenvalue weighted by Gasteiger charge is -2.23. The minimum Gasteiger partial charge on any atom is -0.369 e. The molecule has 0 heterocycles. The fourth-order valence-corrected chi connectivity index (χ4v) is 1.85. The molecule has 1 rings (SSSR count). The van der Waals surface area contributed by atoms with E-state index in [1.54, 1.807) is 0 Å². The van der Waals surface area contributed by atoms with Crippen molar-refractivity contribution in [3.05, 3.63) is 35.9 Å². The highest BCUT2D eigenvalue weighted by Gasteiger charge is 2.07. The third-order valence-electron chi connectivity index (χ3n) is 2.92. The van der Waals surface area contributed by atoms with Crippen molar-refractivity contribution in [2.24, 2.45) is 5.73 Å². The molecule has 1 amide bonds. The maximum Gasteiger partial charge on any atom is 0.231 e. The highest BCUT2D eigenvalue weighted by Crippen LogP contribution is 2.03. The van der Waals surface area contributed by atoms with E-state index >= 15 is 0 Å². The number of amides is 1. The molecule has 1 aromatic carbocycles. The summed E-state index contributed by atoms with van der Waals surface area (Å²) >= 11 is 0. The van der Waals surface area contributed by atoms with E-state index in [-0.39, 0.29) is 5.91 Å². The number of rotatable bonds is 8. The highest BCUT2D eigenvalue weighted by atomic mass is 16.1. The first kappa shape index (κ1) is 14.7. The number of carbonyl (C=O) groups is 1. The van der Waals surface area contributed by atoms with Gasteiger partial charge in [-0.3, -0.25) is 14.6 Å². The van der Waals surface area contributed by atoms with Gasteiger partial charge >= 0.3 is 0 Å². The Labute approximate surface area is 109 Å². The maximum absolute atomic E-state index is 10.8. The average molecular weight is 249 g/mol. The van der Waals surface area contributed by atoms with Gasteiger partial charge in [0.15, 0.2) is 0 Å². The van der Waals surface area contributed by atoms with Crippen LogP contribution in [0.3, 0.4) is 0 Å². The molecular formula is C14H23N3O. The Balaban J connectivity index is 2.36. The highest BCUT2D eigenvalue weighted by molar-refractivity contribution is 5.75. The SMILES string of the molecule is CCN(CCN(C)CC(N)=O)Cc1ccccc1. The standard InChI is InChI=1S/C14H23N3O/c1-3-17(10-9-16(2)12-14(15)18)11-13-7-5-4-6-8-13/h4-8H,3,9-12H2,1-2H3,(H2,15,18). The van der Waals surface area contributed by atoms with Crippen molar-refractivity contribution in [1.82, 2.24) is 9.80 Å². The Bertz CT molecular complexity index is 353. The lowest BCUT2D eigenvalue weighted by atomic mass is 10.2. The molecule has 4 heteroatoms. The van der Waals surface area contributed by atoms with E-state index in [1.807, 2.05) is 18.0 Å². The second kappa shape index (κ2) is 7.84. The van der Waals surface area contributed by atoms with Crippen molar-refractivity contribution < 1.29 is 4.79 Å². The Morgan fingerprint density at radius 3 is 2.44 bits per heavy atom.